The normalized spacial score (nSPS) is 11.8. The summed E-state index contributed by atoms with van der Waals surface area (Å²) in [6, 6.07) is 1.89. The fourth-order valence-corrected chi connectivity index (χ4v) is 2.09. The van der Waals surface area contributed by atoms with E-state index in [0.29, 0.717) is 25.6 Å². The number of guanidine groups is 1. The molecule has 22 heavy (non-hydrogen) atoms. The summed E-state index contributed by atoms with van der Waals surface area (Å²) in [5.74, 6) is 0.688. The quantitative estimate of drug-likeness (QED) is 0.216. The first-order valence-electron chi connectivity index (χ1n) is 6.95. The van der Waals surface area contributed by atoms with Crippen LogP contribution in [0.25, 0.3) is 0 Å². The molecule has 0 spiro atoms. The van der Waals surface area contributed by atoms with E-state index in [1.165, 1.54) is 0 Å². The number of aryl methyl sites for hydroxylation is 1. The average molecular weight is 444 g/mol. The van der Waals surface area contributed by atoms with E-state index in [9.17, 15) is 8.42 Å². The minimum Gasteiger partial charge on any atom is -0.357 e. The van der Waals surface area contributed by atoms with E-state index in [1.54, 1.807) is 6.20 Å². The topological polar surface area (TPSA) is 100 Å². The number of rotatable bonds is 9. The van der Waals surface area contributed by atoms with E-state index in [-0.39, 0.29) is 24.0 Å². The Kier molecular flexibility index (Phi) is 11.2. The van der Waals surface area contributed by atoms with Gasteiger partial charge in [0.15, 0.2) is 5.96 Å². The van der Waals surface area contributed by atoms with Crippen molar-refractivity contribution < 1.29 is 8.42 Å². The van der Waals surface area contributed by atoms with Crippen LogP contribution in [-0.4, -0.2) is 56.6 Å². The molecule has 0 fully saturated rings. The summed E-state index contributed by atoms with van der Waals surface area (Å²) in [4.78, 5) is 4.42. The summed E-state index contributed by atoms with van der Waals surface area (Å²) in [5, 5.41) is 10.3. The Morgan fingerprint density at radius 2 is 2.09 bits per heavy atom. The van der Waals surface area contributed by atoms with Crippen molar-refractivity contribution in [3.63, 3.8) is 0 Å². The molecule has 1 heterocycles. The van der Waals surface area contributed by atoms with E-state index < -0.39 is 10.0 Å². The van der Waals surface area contributed by atoms with Gasteiger partial charge in [-0.05, 0) is 19.4 Å². The lowest BCUT2D eigenvalue weighted by molar-refractivity contribution is 0.582. The van der Waals surface area contributed by atoms with Crippen LogP contribution >= 0.6 is 24.0 Å². The van der Waals surface area contributed by atoms with Crippen molar-refractivity contribution in [3.05, 3.63) is 18.5 Å². The van der Waals surface area contributed by atoms with E-state index in [4.69, 9.17) is 0 Å². The lowest BCUT2D eigenvalue weighted by Gasteiger charge is -2.11. The summed E-state index contributed by atoms with van der Waals surface area (Å²) in [5.41, 5.74) is 0. The molecule has 8 nitrogen and oxygen atoms in total. The molecule has 0 aliphatic carbocycles. The van der Waals surface area contributed by atoms with Crippen molar-refractivity contribution in [3.8, 4) is 0 Å². The minimum absolute atomic E-state index is 0. The Bertz CT molecular complexity index is 518. The van der Waals surface area contributed by atoms with Crippen molar-refractivity contribution in [2.24, 2.45) is 4.99 Å². The third kappa shape index (κ3) is 10.8. The predicted octanol–water partition coefficient (Wildman–Crippen LogP) is -0.00450. The maximum absolute atomic E-state index is 10.9. The first-order valence-corrected chi connectivity index (χ1v) is 8.84. The van der Waals surface area contributed by atoms with Crippen LogP contribution in [0.2, 0.25) is 0 Å². The summed E-state index contributed by atoms with van der Waals surface area (Å²) >= 11 is 0. The molecular weight excluding hydrogens is 419 g/mol. The summed E-state index contributed by atoms with van der Waals surface area (Å²) in [6.45, 7) is 5.05. The highest BCUT2D eigenvalue weighted by Crippen LogP contribution is 1.90. The van der Waals surface area contributed by atoms with E-state index in [1.807, 2.05) is 23.9 Å². The van der Waals surface area contributed by atoms with Crippen molar-refractivity contribution in [2.45, 2.75) is 19.9 Å². The molecule has 10 heteroatoms. The Labute approximate surface area is 149 Å². The van der Waals surface area contributed by atoms with Crippen LogP contribution in [0.4, 0.5) is 0 Å². The maximum Gasteiger partial charge on any atom is 0.208 e. The van der Waals surface area contributed by atoms with Gasteiger partial charge in [-0.3, -0.25) is 9.67 Å². The Balaban J connectivity index is 0.00000441. The van der Waals surface area contributed by atoms with Gasteiger partial charge in [0.25, 0.3) is 0 Å². The van der Waals surface area contributed by atoms with Crippen LogP contribution in [0, 0.1) is 0 Å². The molecule has 0 saturated carbocycles. The number of nitrogens with zero attached hydrogens (tertiary/aromatic N) is 3. The second kappa shape index (κ2) is 11.7. The van der Waals surface area contributed by atoms with E-state index in [0.717, 1.165) is 25.8 Å². The molecule has 0 aliphatic rings. The fraction of sp³-hybridized carbons (Fsp3) is 0.667. The zero-order valence-corrected chi connectivity index (χ0v) is 16.1. The molecule has 0 atom stereocenters. The number of aliphatic imine (C=N–C) groups is 1. The smallest absolute Gasteiger partial charge is 0.208 e. The SMILES string of the molecule is CCNC(=NCCCn1cccn1)NCCNS(C)(=O)=O.I. The number of halogens is 1. The summed E-state index contributed by atoms with van der Waals surface area (Å²) in [6.07, 6.45) is 5.70. The van der Waals surface area contributed by atoms with Crippen molar-refractivity contribution in [1.82, 2.24) is 25.1 Å². The monoisotopic (exact) mass is 444 g/mol. The lowest BCUT2D eigenvalue weighted by atomic mass is 10.4. The zero-order chi connectivity index (χ0) is 15.6. The van der Waals surface area contributed by atoms with Gasteiger partial charge < -0.3 is 10.6 Å². The van der Waals surface area contributed by atoms with E-state index >= 15 is 0 Å². The van der Waals surface area contributed by atoms with Gasteiger partial charge in [0.2, 0.25) is 10.0 Å². The lowest BCUT2D eigenvalue weighted by Crippen LogP contribution is -2.41. The maximum atomic E-state index is 10.9. The molecule has 128 valence electrons. The molecule has 0 saturated heterocycles. The molecule has 0 aliphatic heterocycles. The third-order valence-electron chi connectivity index (χ3n) is 2.50. The van der Waals surface area contributed by atoms with Crippen LogP contribution in [0.1, 0.15) is 13.3 Å². The molecule has 0 radical (unpaired) electrons. The largest absolute Gasteiger partial charge is 0.357 e. The minimum atomic E-state index is -3.14. The van der Waals surface area contributed by atoms with Gasteiger partial charge in [-0.1, -0.05) is 0 Å². The molecule has 0 aromatic carbocycles. The van der Waals surface area contributed by atoms with Crippen molar-refractivity contribution in [2.75, 3.05) is 32.4 Å². The van der Waals surface area contributed by atoms with Crippen LogP contribution in [-0.2, 0) is 16.6 Å². The Morgan fingerprint density at radius 3 is 2.68 bits per heavy atom. The number of aromatic nitrogens is 2. The van der Waals surface area contributed by atoms with Crippen LogP contribution < -0.4 is 15.4 Å². The second-order valence-electron chi connectivity index (χ2n) is 4.48. The van der Waals surface area contributed by atoms with Gasteiger partial charge in [0, 0.05) is 45.1 Å². The van der Waals surface area contributed by atoms with Crippen molar-refractivity contribution >= 4 is 40.0 Å². The van der Waals surface area contributed by atoms with Gasteiger partial charge in [-0.15, -0.1) is 24.0 Å². The molecule has 0 amide bonds. The zero-order valence-electron chi connectivity index (χ0n) is 12.9. The Morgan fingerprint density at radius 1 is 1.32 bits per heavy atom. The standard InChI is InChI=1S/C12H24N6O2S.HI/c1-3-13-12(15-8-9-17-21(2,19)20)14-6-4-10-18-11-5-7-16-18;/h5,7,11,17H,3-4,6,8-10H2,1-2H3,(H2,13,14,15);1H. The third-order valence-corrected chi connectivity index (χ3v) is 3.23. The molecule has 1 aromatic heterocycles. The highest BCUT2D eigenvalue weighted by atomic mass is 127. The molecule has 1 rings (SSSR count). The highest BCUT2D eigenvalue weighted by molar-refractivity contribution is 14.0. The first-order chi connectivity index (χ1) is 10.0. The van der Waals surface area contributed by atoms with Crippen LogP contribution in [0.15, 0.2) is 23.5 Å². The van der Waals surface area contributed by atoms with Gasteiger partial charge in [-0.25, -0.2) is 13.1 Å². The summed E-state index contributed by atoms with van der Waals surface area (Å²) in [7, 11) is -3.14. The van der Waals surface area contributed by atoms with Gasteiger partial charge >= 0.3 is 0 Å². The fourth-order valence-electron chi connectivity index (χ4n) is 1.62. The number of hydrogen-bond acceptors (Lipinski definition) is 4. The molecule has 0 unspecified atom stereocenters. The summed E-state index contributed by atoms with van der Waals surface area (Å²) < 4.78 is 26.2. The molecular formula is C12H25IN6O2S. The van der Waals surface area contributed by atoms with E-state index in [2.05, 4.69) is 25.4 Å². The molecule has 0 bridgehead atoms. The Hall–Kier alpha value is -0.880. The highest BCUT2D eigenvalue weighted by Gasteiger charge is 2.00. The average Bonchev–Trinajstić information content (AvgIpc) is 2.91. The molecule has 1 aromatic rings. The van der Waals surface area contributed by atoms with Gasteiger partial charge in [-0.2, -0.15) is 5.10 Å². The first kappa shape index (κ1) is 21.1. The second-order valence-corrected chi connectivity index (χ2v) is 6.31. The number of nitrogens with one attached hydrogen (secondary N) is 3. The van der Waals surface area contributed by atoms with Crippen molar-refractivity contribution in [1.29, 1.82) is 0 Å². The van der Waals surface area contributed by atoms with Crippen LogP contribution in [0.5, 0.6) is 0 Å². The number of hydrogen-bond donors (Lipinski definition) is 3. The van der Waals surface area contributed by atoms with Crippen LogP contribution in [0.3, 0.4) is 0 Å². The predicted molar refractivity (Wildman–Crippen MR) is 99.1 cm³/mol. The number of sulfonamides is 1. The van der Waals surface area contributed by atoms with Gasteiger partial charge in [0.05, 0.1) is 6.26 Å². The molecule has 3 N–H and O–H groups in total. The van der Waals surface area contributed by atoms with Gasteiger partial charge in [0.1, 0.15) is 0 Å².